The summed E-state index contributed by atoms with van der Waals surface area (Å²) < 4.78 is 15.0. The van der Waals surface area contributed by atoms with Crippen molar-refractivity contribution >= 4 is 27.7 Å². The Balaban J connectivity index is 1.30. The molecule has 144 valence electrons. The van der Waals surface area contributed by atoms with Crippen molar-refractivity contribution < 1.29 is 4.39 Å². The van der Waals surface area contributed by atoms with E-state index in [2.05, 4.69) is 45.7 Å². The highest BCUT2D eigenvalue weighted by Gasteiger charge is 2.31. The highest BCUT2D eigenvalue weighted by Crippen LogP contribution is 2.34. The lowest BCUT2D eigenvalue weighted by atomic mass is 9.79. The Morgan fingerprint density at radius 2 is 1.44 bits per heavy atom. The normalized spacial score (nSPS) is 19.5. The smallest absolute Gasteiger partial charge is 0.225 e. The molecule has 2 aliphatic rings. The average molecular weight is 435 g/mol. The summed E-state index contributed by atoms with van der Waals surface area (Å²) in [6, 6.07) is 0. The summed E-state index contributed by atoms with van der Waals surface area (Å²) >= 11 is 3.38. The van der Waals surface area contributed by atoms with Crippen LogP contribution in [0.1, 0.15) is 31.5 Å². The van der Waals surface area contributed by atoms with E-state index in [0.29, 0.717) is 17.6 Å². The van der Waals surface area contributed by atoms with Crippen LogP contribution in [0.4, 0.5) is 16.2 Å². The second-order valence-corrected chi connectivity index (χ2v) is 8.35. The van der Waals surface area contributed by atoms with Crippen LogP contribution in [-0.4, -0.2) is 46.1 Å². The fourth-order valence-electron chi connectivity index (χ4n) is 4.29. The molecule has 2 saturated heterocycles. The molecule has 4 rings (SSSR count). The first-order valence-corrected chi connectivity index (χ1v) is 10.4. The monoisotopic (exact) mass is 434 g/mol. The Kier molecular flexibility index (Phi) is 5.52. The number of anilines is 2. The first-order valence-electron chi connectivity index (χ1n) is 9.57. The third-order valence-electron chi connectivity index (χ3n) is 5.78. The molecule has 0 radical (unpaired) electrons. The van der Waals surface area contributed by atoms with Crippen LogP contribution in [0.15, 0.2) is 23.1 Å². The molecule has 2 fully saturated rings. The summed E-state index contributed by atoms with van der Waals surface area (Å²) in [5.41, 5.74) is 0. The Morgan fingerprint density at radius 3 is 2.04 bits per heavy atom. The Bertz CT molecular complexity index is 770. The van der Waals surface area contributed by atoms with Gasteiger partial charge in [0.2, 0.25) is 5.95 Å². The topological polar surface area (TPSA) is 58.0 Å². The van der Waals surface area contributed by atoms with Crippen LogP contribution in [0.3, 0.4) is 0 Å². The van der Waals surface area contributed by atoms with Crippen LogP contribution in [0, 0.1) is 24.6 Å². The van der Waals surface area contributed by atoms with Gasteiger partial charge < -0.3 is 9.80 Å². The van der Waals surface area contributed by atoms with E-state index in [4.69, 9.17) is 0 Å². The fourth-order valence-corrected chi connectivity index (χ4v) is 4.49. The minimum Gasteiger partial charge on any atom is -0.354 e. The van der Waals surface area contributed by atoms with Gasteiger partial charge in [-0.3, -0.25) is 0 Å². The van der Waals surface area contributed by atoms with Crippen molar-refractivity contribution in [1.29, 1.82) is 0 Å². The van der Waals surface area contributed by atoms with Crippen molar-refractivity contribution in [3.63, 3.8) is 0 Å². The number of halogens is 2. The third-order valence-corrected chi connectivity index (χ3v) is 6.19. The maximum atomic E-state index is 14.0. The van der Waals surface area contributed by atoms with Gasteiger partial charge in [0, 0.05) is 38.6 Å². The van der Waals surface area contributed by atoms with Gasteiger partial charge in [-0.25, -0.2) is 24.3 Å². The van der Waals surface area contributed by atoms with Gasteiger partial charge in [0.25, 0.3) is 0 Å². The minimum absolute atomic E-state index is 0.318. The average Bonchev–Trinajstić information content (AvgIpc) is 2.71. The minimum atomic E-state index is -0.318. The van der Waals surface area contributed by atoms with Gasteiger partial charge in [-0.05, 0) is 60.4 Å². The van der Waals surface area contributed by atoms with Crippen molar-refractivity contribution in [3.05, 3.63) is 34.7 Å². The van der Waals surface area contributed by atoms with Crippen molar-refractivity contribution in [1.82, 2.24) is 19.9 Å². The van der Waals surface area contributed by atoms with E-state index in [-0.39, 0.29) is 5.82 Å². The summed E-state index contributed by atoms with van der Waals surface area (Å²) in [7, 11) is 0. The summed E-state index contributed by atoms with van der Waals surface area (Å²) in [5.74, 6) is 3.03. The number of rotatable bonds is 3. The molecule has 0 atom stereocenters. The Morgan fingerprint density at radius 1 is 0.889 bits per heavy atom. The van der Waals surface area contributed by atoms with Gasteiger partial charge in [-0.1, -0.05) is 0 Å². The second kappa shape index (κ2) is 8.04. The lowest BCUT2D eigenvalue weighted by Crippen LogP contribution is -2.41. The number of nitrogens with zero attached hydrogens (tertiary/aromatic N) is 6. The zero-order valence-electron chi connectivity index (χ0n) is 15.5. The number of hydrogen-bond donors (Lipinski definition) is 0. The Hall–Kier alpha value is -1.83. The van der Waals surface area contributed by atoms with Crippen molar-refractivity contribution in [2.24, 2.45) is 11.8 Å². The van der Waals surface area contributed by atoms with Crippen molar-refractivity contribution in [2.75, 3.05) is 36.0 Å². The van der Waals surface area contributed by atoms with Gasteiger partial charge in [0.15, 0.2) is 11.6 Å². The van der Waals surface area contributed by atoms with Crippen LogP contribution in [0.25, 0.3) is 0 Å². The van der Waals surface area contributed by atoms with E-state index in [9.17, 15) is 4.39 Å². The van der Waals surface area contributed by atoms with E-state index in [1.807, 2.05) is 0 Å². The van der Waals surface area contributed by atoms with E-state index < -0.39 is 0 Å². The largest absolute Gasteiger partial charge is 0.354 e. The first kappa shape index (κ1) is 18.5. The van der Waals surface area contributed by atoms with Gasteiger partial charge >= 0.3 is 0 Å². The highest BCUT2D eigenvalue weighted by molar-refractivity contribution is 9.10. The molecule has 0 amide bonds. The van der Waals surface area contributed by atoms with Crippen LogP contribution < -0.4 is 9.80 Å². The molecule has 0 bridgehead atoms. The molecule has 0 aliphatic carbocycles. The molecule has 2 aromatic rings. The maximum absolute atomic E-state index is 14.0. The molecule has 4 heterocycles. The molecule has 0 aromatic carbocycles. The SMILES string of the molecule is Cc1ncc(F)c(N2CCC(C3CCN(c4ncc(Br)cn4)CC3)CC2)n1. The Labute approximate surface area is 167 Å². The van der Waals surface area contributed by atoms with Gasteiger partial charge in [-0.2, -0.15) is 0 Å². The summed E-state index contributed by atoms with van der Waals surface area (Å²) in [5, 5.41) is 0. The summed E-state index contributed by atoms with van der Waals surface area (Å²) in [6.07, 6.45) is 9.43. The zero-order valence-corrected chi connectivity index (χ0v) is 17.1. The molecule has 0 unspecified atom stereocenters. The lowest BCUT2D eigenvalue weighted by molar-refractivity contribution is 0.231. The van der Waals surface area contributed by atoms with Gasteiger partial charge in [0.1, 0.15) is 5.82 Å². The molecular weight excluding hydrogens is 411 g/mol. The first-order chi connectivity index (χ1) is 13.1. The molecule has 8 heteroatoms. The van der Waals surface area contributed by atoms with Crippen LogP contribution in [0.5, 0.6) is 0 Å². The van der Waals surface area contributed by atoms with Crippen LogP contribution >= 0.6 is 15.9 Å². The van der Waals surface area contributed by atoms with E-state index in [1.165, 1.54) is 19.0 Å². The number of aromatic nitrogens is 4. The quantitative estimate of drug-likeness (QED) is 0.735. The van der Waals surface area contributed by atoms with E-state index in [1.54, 1.807) is 19.3 Å². The third kappa shape index (κ3) is 4.20. The summed E-state index contributed by atoms with van der Waals surface area (Å²) in [4.78, 5) is 21.4. The molecule has 0 spiro atoms. The van der Waals surface area contributed by atoms with Crippen LogP contribution in [0.2, 0.25) is 0 Å². The zero-order chi connectivity index (χ0) is 18.8. The van der Waals surface area contributed by atoms with Gasteiger partial charge in [-0.15, -0.1) is 0 Å². The van der Waals surface area contributed by atoms with E-state index in [0.717, 1.165) is 55.4 Å². The number of aryl methyl sites for hydroxylation is 1. The molecule has 6 nitrogen and oxygen atoms in total. The van der Waals surface area contributed by atoms with Crippen molar-refractivity contribution in [3.8, 4) is 0 Å². The fraction of sp³-hybridized carbons (Fsp3) is 0.579. The summed E-state index contributed by atoms with van der Waals surface area (Å²) in [6.45, 7) is 5.55. The molecule has 0 saturated carbocycles. The standard InChI is InChI=1S/C19H24BrFN6/c1-13-22-12-17(21)18(25-13)26-6-2-14(3-7-26)15-4-8-27(9-5-15)19-23-10-16(20)11-24-19/h10-12,14-15H,2-9H2,1H3. The molecule has 27 heavy (non-hydrogen) atoms. The maximum Gasteiger partial charge on any atom is 0.225 e. The predicted molar refractivity (Wildman–Crippen MR) is 106 cm³/mol. The molecular formula is C19H24BrFN6. The van der Waals surface area contributed by atoms with Crippen molar-refractivity contribution in [2.45, 2.75) is 32.6 Å². The number of hydrogen-bond acceptors (Lipinski definition) is 6. The highest BCUT2D eigenvalue weighted by atomic mass is 79.9. The second-order valence-electron chi connectivity index (χ2n) is 7.44. The van der Waals surface area contributed by atoms with Gasteiger partial charge in [0.05, 0.1) is 10.7 Å². The molecule has 2 aliphatic heterocycles. The molecule has 0 N–H and O–H groups in total. The van der Waals surface area contributed by atoms with Crippen LogP contribution in [-0.2, 0) is 0 Å². The predicted octanol–water partition coefficient (Wildman–Crippen LogP) is 3.61. The number of piperidine rings is 2. The lowest BCUT2D eigenvalue weighted by Gasteiger charge is -2.40. The van der Waals surface area contributed by atoms with E-state index >= 15 is 0 Å². The molecule has 2 aromatic heterocycles.